The number of amidine groups is 1. The maximum atomic E-state index is 11.4. The van der Waals surface area contributed by atoms with E-state index in [1.165, 1.54) is 0 Å². The molecule has 1 amide bonds. The van der Waals surface area contributed by atoms with Crippen LogP contribution in [0.3, 0.4) is 0 Å². The van der Waals surface area contributed by atoms with E-state index in [1.807, 2.05) is 0 Å². The maximum Gasteiger partial charge on any atom is 0.303 e. The van der Waals surface area contributed by atoms with Crippen molar-refractivity contribution in [2.24, 2.45) is 5.73 Å². The Labute approximate surface area is 111 Å². The SMILES string of the molecule is N=C(N)c1ccc(CNC(=O)CCCC(=O)O)cc1. The van der Waals surface area contributed by atoms with Crippen LogP contribution in [0.2, 0.25) is 0 Å². The molecule has 0 heterocycles. The van der Waals surface area contributed by atoms with Crippen molar-refractivity contribution in [1.82, 2.24) is 5.32 Å². The lowest BCUT2D eigenvalue weighted by Crippen LogP contribution is -2.22. The van der Waals surface area contributed by atoms with Gasteiger partial charge in [-0.3, -0.25) is 15.0 Å². The van der Waals surface area contributed by atoms with Crippen molar-refractivity contribution in [3.8, 4) is 0 Å². The number of hydrogen-bond donors (Lipinski definition) is 4. The lowest BCUT2D eigenvalue weighted by molar-refractivity contribution is -0.137. The standard InChI is InChI=1S/C13H17N3O3/c14-13(15)10-6-4-9(5-7-10)8-16-11(17)2-1-3-12(18)19/h4-7H,1-3,8H2,(H3,14,15)(H,16,17)(H,18,19). The molecule has 19 heavy (non-hydrogen) atoms. The molecular formula is C13H17N3O3. The van der Waals surface area contributed by atoms with E-state index in [-0.39, 0.29) is 24.6 Å². The molecule has 1 aromatic carbocycles. The van der Waals surface area contributed by atoms with Gasteiger partial charge in [-0.1, -0.05) is 24.3 Å². The van der Waals surface area contributed by atoms with E-state index in [1.54, 1.807) is 24.3 Å². The second-order valence-electron chi connectivity index (χ2n) is 4.13. The number of benzene rings is 1. The van der Waals surface area contributed by atoms with Crippen LogP contribution in [-0.2, 0) is 16.1 Å². The van der Waals surface area contributed by atoms with Gasteiger partial charge in [-0.25, -0.2) is 0 Å². The van der Waals surface area contributed by atoms with Crippen LogP contribution in [-0.4, -0.2) is 22.8 Å². The van der Waals surface area contributed by atoms with Gasteiger partial charge in [-0.2, -0.15) is 0 Å². The number of amides is 1. The Hall–Kier alpha value is -2.37. The molecule has 6 heteroatoms. The molecule has 1 aromatic rings. The molecule has 0 radical (unpaired) electrons. The van der Waals surface area contributed by atoms with Gasteiger partial charge in [-0.15, -0.1) is 0 Å². The summed E-state index contributed by atoms with van der Waals surface area (Å²) in [4.78, 5) is 21.7. The molecule has 0 aliphatic carbocycles. The van der Waals surface area contributed by atoms with Crippen LogP contribution >= 0.6 is 0 Å². The molecule has 0 atom stereocenters. The van der Waals surface area contributed by atoms with E-state index >= 15 is 0 Å². The van der Waals surface area contributed by atoms with Crippen molar-refractivity contribution >= 4 is 17.7 Å². The van der Waals surface area contributed by atoms with Crippen LogP contribution in [0.15, 0.2) is 24.3 Å². The molecule has 102 valence electrons. The molecule has 0 bridgehead atoms. The lowest BCUT2D eigenvalue weighted by atomic mass is 10.1. The summed E-state index contributed by atoms with van der Waals surface area (Å²) in [6.07, 6.45) is 0.545. The smallest absolute Gasteiger partial charge is 0.303 e. The molecule has 0 unspecified atom stereocenters. The average molecular weight is 263 g/mol. The van der Waals surface area contributed by atoms with Crippen LogP contribution in [0, 0.1) is 5.41 Å². The number of carboxylic acid groups (broad SMARTS) is 1. The van der Waals surface area contributed by atoms with Gasteiger partial charge in [0, 0.05) is 24.9 Å². The minimum Gasteiger partial charge on any atom is -0.481 e. The second-order valence-corrected chi connectivity index (χ2v) is 4.13. The van der Waals surface area contributed by atoms with E-state index in [9.17, 15) is 9.59 Å². The predicted octanol–water partition coefficient (Wildman–Crippen LogP) is 0.842. The van der Waals surface area contributed by atoms with Crippen LogP contribution < -0.4 is 11.1 Å². The zero-order valence-corrected chi connectivity index (χ0v) is 10.5. The Kier molecular flexibility index (Phi) is 5.53. The third-order valence-corrected chi connectivity index (χ3v) is 2.55. The third-order valence-electron chi connectivity index (χ3n) is 2.55. The Morgan fingerprint density at radius 1 is 1.21 bits per heavy atom. The highest BCUT2D eigenvalue weighted by atomic mass is 16.4. The zero-order chi connectivity index (χ0) is 14.3. The summed E-state index contributed by atoms with van der Waals surface area (Å²) in [5.41, 5.74) is 6.87. The van der Waals surface area contributed by atoms with Gasteiger partial charge in [0.15, 0.2) is 0 Å². The van der Waals surface area contributed by atoms with Gasteiger partial charge in [-0.05, 0) is 12.0 Å². The number of nitrogen functional groups attached to an aromatic ring is 1. The molecule has 0 aromatic heterocycles. The Morgan fingerprint density at radius 2 is 1.84 bits per heavy atom. The van der Waals surface area contributed by atoms with Crippen LogP contribution in [0.1, 0.15) is 30.4 Å². The highest BCUT2D eigenvalue weighted by Gasteiger charge is 2.04. The van der Waals surface area contributed by atoms with Crippen molar-refractivity contribution in [3.63, 3.8) is 0 Å². The molecule has 0 spiro atoms. The summed E-state index contributed by atoms with van der Waals surface area (Å²) in [5.74, 6) is -1.06. The summed E-state index contributed by atoms with van der Waals surface area (Å²) in [6.45, 7) is 0.379. The number of rotatable bonds is 7. The van der Waals surface area contributed by atoms with Crippen molar-refractivity contribution in [2.45, 2.75) is 25.8 Å². The number of hydrogen-bond acceptors (Lipinski definition) is 3. The highest BCUT2D eigenvalue weighted by Crippen LogP contribution is 2.04. The molecule has 0 aliphatic heterocycles. The van der Waals surface area contributed by atoms with Gasteiger partial charge < -0.3 is 16.2 Å². The summed E-state index contributed by atoms with van der Waals surface area (Å²) in [5, 5.41) is 18.4. The van der Waals surface area contributed by atoms with Gasteiger partial charge in [0.1, 0.15) is 5.84 Å². The Balaban J connectivity index is 2.33. The van der Waals surface area contributed by atoms with E-state index in [0.717, 1.165) is 5.56 Å². The minimum absolute atomic E-state index is 0.000723. The molecule has 0 saturated heterocycles. The van der Waals surface area contributed by atoms with Crippen molar-refractivity contribution in [3.05, 3.63) is 35.4 Å². The number of carbonyl (C=O) groups excluding carboxylic acids is 1. The molecular weight excluding hydrogens is 246 g/mol. The first-order chi connectivity index (χ1) is 8.99. The van der Waals surface area contributed by atoms with Gasteiger partial charge >= 0.3 is 5.97 Å². The fraction of sp³-hybridized carbons (Fsp3) is 0.308. The molecule has 5 N–H and O–H groups in total. The summed E-state index contributed by atoms with van der Waals surface area (Å²) in [7, 11) is 0. The topological polar surface area (TPSA) is 116 Å². The normalized spacial score (nSPS) is 9.89. The first-order valence-electron chi connectivity index (χ1n) is 5.91. The number of nitrogens with one attached hydrogen (secondary N) is 2. The summed E-state index contributed by atoms with van der Waals surface area (Å²) < 4.78 is 0. The van der Waals surface area contributed by atoms with Gasteiger partial charge in [0.05, 0.1) is 0 Å². The molecule has 0 aliphatic rings. The van der Waals surface area contributed by atoms with E-state index < -0.39 is 5.97 Å². The predicted molar refractivity (Wildman–Crippen MR) is 70.8 cm³/mol. The fourth-order valence-electron chi connectivity index (χ4n) is 1.49. The quantitative estimate of drug-likeness (QED) is 0.431. The summed E-state index contributed by atoms with van der Waals surface area (Å²) >= 11 is 0. The van der Waals surface area contributed by atoms with E-state index in [4.69, 9.17) is 16.2 Å². The maximum absolute atomic E-state index is 11.4. The number of carbonyl (C=O) groups is 2. The van der Waals surface area contributed by atoms with E-state index in [0.29, 0.717) is 18.5 Å². The third kappa shape index (κ3) is 5.67. The molecule has 0 saturated carbocycles. The monoisotopic (exact) mass is 263 g/mol. The Bertz CT molecular complexity index is 469. The Morgan fingerprint density at radius 3 is 2.37 bits per heavy atom. The zero-order valence-electron chi connectivity index (χ0n) is 10.5. The van der Waals surface area contributed by atoms with Crippen molar-refractivity contribution in [1.29, 1.82) is 5.41 Å². The lowest BCUT2D eigenvalue weighted by Gasteiger charge is -2.05. The van der Waals surface area contributed by atoms with Gasteiger partial charge in [0.2, 0.25) is 5.91 Å². The van der Waals surface area contributed by atoms with Crippen LogP contribution in [0.5, 0.6) is 0 Å². The number of aliphatic carboxylic acids is 1. The minimum atomic E-state index is -0.896. The average Bonchev–Trinajstić information content (AvgIpc) is 2.36. The molecule has 1 rings (SSSR count). The molecule has 0 fully saturated rings. The number of carboxylic acids is 1. The second kappa shape index (κ2) is 7.15. The highest BCUT2D eigenvalue weighted by molar-refractivity contribution is 5.94. The summed E-state index contributed by atoms with van der Waals surface area (Å²) in [6, 6.07) is 7.00. The first kappa shape index (κ1) is 14.7. The van der Waals surface area contributed by atoms with E-state index in [2.05, 4.69) is 5.32 Å². The fourth-order valence-corrected chi connectivity index (χ4v) is 1.49. The largest absolute Gasteiger partial charge is 0.481 e. The molecule has 6 nitrogen and oxygen atoms in total. The van der Waals surface area contributed by atoms with Crippen molar-refractivity contribution < 1.29 is 14.7 Å². The first-order valence-corrected chi connectivity index (χ1v) is 5.91. The van der Waals surface area contributed by atoms with Gasteiger partial charge in [0.25, 0.3) is 0 Å². The van der Waals surface area contributed by atoms with Crippen LogP contribution in [0.25, 0.3) is 0 Å². The number of nitrogens with two attached hydrogens (primary N) is 1. The van der Waals surface area contributed by atoms with Crippen molar-refractivity contribution in [2.75, 3.05) is 0 Å². The van der Waals surface area contributed by atoms with Crippen LogP contribution in [0.4, 0.5) is 0 Å².